The van der Waals surface area contributed by atoms with E-state index < -0.39 is 0 Å². The van der Waals surface area contributed by atoms with Crippen molar-refractivity contribution in [1.82, 2.24) is 4.90 Å². The molecule has 3 aliphatic rings. The summed E-state index contributed by atoms with van der Waals surface area (Å²) >= 11 is 0. The first-order valence-corrected chi connectivity index (χ1v) is 7.33. The number of likely N-dealkylation sites (tertiary alicyclic amines) is 1. The predicted octanol–water partition coefficient (Wildman–Crippen LogP) is 2.45. The molecule has 4 nitrogen and oxygen atoms in total. The van der Waals surface area contributed by atoms with Gasteiger partial charge in [0.15, 0.2) is 11.5 Å². The minimum atomic E-state index is -0.173. The highest BCUT2D eigenvalue weighted by molar-refractivity contribution is 5.81. The summed E-state index contributed by atoms with van der Waals surface area (Å²) in [7, 11) is 0. The third-order valence-corrected chi connectivity index (χ3v) is 4.48. The molecule has 1 amide bonds. The lowest BCUT2D eigenvalue weighted by Gasteiger charge is -2.32. The number of hydrogen-bond acceptors (Lipinski definition) is 3. The third-order valence-electron chi connectivity index (χ3n) is 4.48. The smallest absolute Gasteiger partial charge is 0.231 e. The topological polar surface area (TPSA) is 38.8 Å². The number of allylic oxidation sites excluding steroid dienone is 2. The zero-order valence-electron chi connectivity index (χ0n) is 11.7. The molecule has 1 spiro atoms. The maximum atomic E-state index is 12.2. The van der Waals surface area contributed by atoms with Gasteiger partial charge < -0.3 is 14.4 Å². The van der Waals surface area contributed by atoms with Crippen molar-refractivity contribution in [3.8, 4) is 11.5 Å². The second-order valence-corrected chi connectivity index (χ2v) is 5.69. The molecule has 0 aromatic heterocycles. The normalized spacial score (nSPS) is 21.0. The number of hydrogen-bond donors (Lipinski definition) is 0. The Kier molecular flexibility index (Phi) is 2.77. The van der Waals surface area contributed by atoms with Gasteiger partial charge in [-0.1, -0.05) is 30.4 Å². The lowest BCUT2D eigenvalue weighted by atomic mass is 9.98. The minimum Gasteiger partial charge on any atom is -0.454 e. The van der Waals surface area contributed by atoms with E-state index in [2.05, 4.69) is 12.2 Å². The fourth-order valence-electron chi connectivity index (χ4n) is 3.33. The van der Waals surface area contributed by atoms with Gasteiger partial charge in [0.05, 0.1) is 5.54 Å². The summed E-state index contributed by atoms with van der Waals surface area (Å²) in [5.74, 6) is 1.84. The Morgan fingerprint density at radius 2 is 1.95 bits per heavy atom. The molecule has 2 aliphatic heterocycles. The van der Waals surface area contributed by atoms with E-state index in [0.717, 1.165) is 30.9 Å². The number of fused-ring (bicyclic) bond motifs is 1. The summed E-state index contributed by atoms with van der Waals surface area (Å²) in [6.45, 7) is 1.02. The van der Waals surface area contributed by atoms with Crippen LogP contribution in [0.15, 0.2) is 42.5 Å². The average molecular weight is 283 g/mol. The molecule has 4 rings (SSSR count). The molecule has 21 heavy (non-hydrogen) atoms. The monoisotopic (exact) mass is 283 g/mol. The second-order valence-electron chi connectivity index (χ2n) is 5.69. The lowest BCUT2D eigenvalue weighted by molar-refractivity contribution is -0.129. The van der Waals surface area contributed by atoms with Crippen molar-refractivity contribution in [2.24, 2.45) is 0 Å². The van der Waals surface area contributed by atoms with Gasteiger partial charge in [-0.25, -0.2) is 0 Å². The fraction of sp³-hybridized carbons (Fsp3) is 0.353. The molecule has 108 valence electrons. The number of carbonyl (C=O) groups is 1. The van der Waals surface area contributed by atoms with Crippen molar-refractivity contribution in [2.45, 2.75) is 24.8 Å². The van der Waals surface area contributed by atoms with E-state index in [-0.39, 0.29) is 11.4 Å². The van der Waals surface area contributed by atoms with Crippen LogP contribution < -0.4 is 9.47 Å². The van der Waals surface area contributed by atoms with Crippen molar-refractivity contribution in [3.05, 3.63) is 48.1 Å². The largest absolute Gasteiger partial charge is 0.454 e. The molecule has 1 fully saturated rings. The Morgan fingerprint density at radius 3 is 2.81 bits per heavy atom. The van der Waals surface area contributed by atoms with Gasteiger partial charge in [-0.3, -0.25) is 4.79 Å². The van der Waals surface area contributed by atoms with Crippen LogP contribution in [0.1, 0.15) is 18.4 Å². The first-order chi connectivity index (χ1) is 10.3. The summed E-state index contributed by atoms with van der Waals surface area (Å²) in [6.07, 6.45) is 10.7. The van der Waals surface area contributed by atoms with E-state index in [1.165, 1.54) is 5.56 Å². The predicted molar refractivity (Wildman–Crippen MR) is 78.2 cm³/mol. The molecular weight excluding hydrogens is 266 g/mol. The Labute approximate surface area is 123 Å². The molecule has 1 aromatic rings. The van der Waals surface area contributed by atoms with Crippen molar-refractivity contribution in [1.29, 1.82) is 0 Å². The summed E-state index contributed by atoms with van der Waals surface area (Å²) in [6, 6.07) is 5.99. The quantitative estimate of drug-likeness (QED) is 0.855. The third kappa shape index (κ3) is 2.02. The molecular formula is C17H17NO3. The van der Waals surface area contributed by atoms with Crippen molar-refractivity contribution in [3.63, 3.8) is 0 Å². The number of rotatable bonds is 3. The zero-order chi connectivity index (χ0) is 14.3. The molecule has 2 heterocycles. The fourth-order valence-corrected chi connectivity index (χ4v) is 3.33. The van der Waals surface area contributed by atoms with Crippen molar-refractivity contribution >= 4 is 5.91 Å². The van der Waals surface area contributed by atoms with E-state index in [1.807, 2.05) is 35.3 Å². The van der Waals surface area contributed by atoms with Gasteiger partial charge >= 0.3 is 0 Å². The van der Waals surface area contributed by atoms with Crippen LogP contribution in [0, 0.1) is 0 Å². The van der Waals surface area contributed by atoms with E-state index in [1.54, 1.807) is 0 Å². The van der Waals surface area contributed by atoms with Crippen LogP contribution in [0.3, 0.4) is 0 Å². The van der Waals surface area contributed by atoms with Gasteiger partial charge in [-0.2, -0.15) is 0 Å². The molecule has 0 atom stereocenters. The maximum absolute atomic E-state index is 12.2. The number of benzene rings is 1. The van der Waals surface area contributed by atoms with Gasteiger partial charge in [0.25, 0.3) is 0 Å². The van der Waals surface area contributed by atoms with Crippen LogP contribution in [-0.4, -0.2) is 29.7 Å². The highest BCUT2D eigenvalue weighted by Crippen LogP contribution is 2.36. The molecule has 0 unspecified atom stereocenters. The Morgan fingerprint density at radius 1 is 1.14 bits per heavy atom. The van der Waals surface area contributed by atoms with Crippen molar-refractivity contribution < 1.29 is 14.3 Å². The zero-order valence-corrected chi connectivity index (χ0v) is 11.7. The number of ether oxygens (including phenoxy) is 2. The number of nitrogens with zero attached hydrogens (tertiary/aromatic N) is 1. The molecule has 0 radical (unpaired) electrons. The summed E-state index contributed by atoms with van der Waals surface area (Å²) in [5, 5.41) is 0. The number of carbonyl (C=O) groups excluding carboxylic acids is 1. The number of amides is 1. The Bertz CT molecular complexity index is 635. The maximum Gasteiger partial charge on any atom is 0.231 e. The molecule has 1 aromatic carbocycles. The Hall–Kier alpha value is -2.23. The average Bonchev–Trinajstić information content (AvgIpc) is 3.20. The molecule has 1 aliphatic carbocycles. The summed E-state index contributed by atoms with van der Waals surface area (Å²) in [4.78, 5) is 14.2. The highest BCUT2D eigenvalue weighted by atomic mass is 16.7. The van der Waals surface area contributed by atoms with Crippen LogP contribution in [0.5, 0.6) is 11.5 Å². The van der Waals surface area contributed by atoms with Crippen molar-refractivity contribution in [2.75, 3.05) is 13.3 Å². The molecule has 0 N–H and O–H groups in total. The van der Waals surface area contributed by atoms with Crippen LogP contribution in [0.25, 0.3) is 0 Å². The highest BCUT2D eigenvalue weighted by Gasteiger charge is 2.42. The van der Waals surface area contributed by atoms with E-state index in [9.17, 15) is 4.79 Å². The van der Waals surface area contributed by atoms with Crippen LogP contribution >= 0.6 is 0 Å². The van der Waals surface area contributed by atoms with Gasteiger partial charge in [0.2, 0.25) is 12.7 Å². The molecule has 4 heteroatoms. The van der Waals surface area contributed by atoms with E-state index >= 15 is 0 Å². The minimum absolute atomic E-state index is 0.173. The van der Waals surface area contributed by atoms with E-state index in [0.29, 0.717) is 13.2 Å². The van der Waals surface area contributed by atoms with E-state index in [4.69, 9.17) is 9.47 Å². The van der Waals surface area contributed by atoms with Gasteiger partial charge in [0, 0.05) is 13.0 Å². The van der Waals surface area contributed by atoms with Crippen LogP contribution in [0.4, 0.5) is 0 Å². The van der Waals surface area contributed by atoms with Crippen LogP contribution in [-0.2, 0) is 11.2 Å². The van der Waals surface area contributed by atoms with Gasteiger partial charge in [-0.15, -0.1) is 0 Å². The molecule has 0 saturated carbocycles. The van der Waals surface area contributed by atoms with Crippen LogP contribution in [0.2, 0.25) is 0 Å². The SMILES string of the molecule is O=C1CCC2(C=CC=C2)N1CCc1ccc2c(c1)OCO2. The van der Waals surface area contributed by atoms with Gasteiger partial charge in [0.1, 0.15) is 0 Å². The first kappa shape index (κ1) is 12.5. The summed E-state index contributed by atoms with van der Waals surface area (Å²) < 4.78 is 10.7. The first-order valence-electron chi connectivity index (χ1n) is 7.33. The standard InChI is InChI=1S/C17H17NO3/c19-16-5-9-17(7-1-2-8-17)18(16)10-6-13-3-4-14-15(11-13)21-12-20-14/h1-4,7-8,11H,5-6,9-10,12H2. The summed E-state index contributed by atoms with van der Waals surface area (Å²) in [5.41, 5.74) is 0.994. The lowest BCUT2D eigenvalue weighted by Crippen LogP contribution is -2.43. The molecule has 1 saturated heterocycles. The Balaban J connectivity index is 1.50. The molecule has 0 bridgehead atoms. The second kappa shape index (κ2) is 4.65. The van der Waals surface area contributed by atoms with Gasteiger partial charge in [-0.05, 0) is 30.5 Å².